The van der Waals surface area contributed by atoms with E-state index in [1.165, 1.54) is 0 Å². The number of aromatic nitrogens is 1. The van der Waals surface area contributed by atoms with E-state index in [0.29, 0.717) is 12.2 Å². The van der Waals surface area contributed by atoms with Gasteiger partial charge in [-0.15, -0.1) is 0 Å². The number of fused-ring (bicyclic) bond motifs is 1. The summed E-state index contributed by atoms with van der Waals surface area (Å²) >= 11 is 0. The molecule has 0 saturated carbocycles. The molecule has 1 aromatic carbocycles. The molecule has 1 aromatic heterocycles. The Labute approximate surface area is 123 Å². The van der Waals surface area contributed by atoms with Gasteiger partial charge < -0.3 is 19.4 Å². The lowest BCUT2D eigenvalue weighted by molar-refractivity contribution is 0.0851. The maximum atomic E-state index is 12.4. The fraction of sp³-hybridized carbons (Fsp3) is 0.438. The number of benzene rings is 1. The Kier molecular flexibility index (Phi) is 3.84. The predicted octanol–water partition coefficient (Wildman–Crippen LogP) is 2.10. The molecule has 1 fully saturated rings. The molecule has 0 spiro atoms. The highest BCUT2D eigenvalue weighted by Crippen LogP contribution is 2.28. The molecule has 0 bridgehead atoms. The van der Waals surface area contributed by atoms with Crippen molar-refractivity contribution in [1.82, 2.24) is 9.88 Å². The number of amides is 1. The zero-order chi connectivity index (χ0) is 14.8. The topological polar surface area (TPSA) is 52.5 Å². The first-order valence-corrected chi connectivity index (χ1v) is 7.23. The van der Waals surface area contributed by atoms with Crippen LogP contribution >= 0.6 is 0 Å². The number of rotatable bonds is 4. The van der Waals surface area contributed by atoms with E-state index >= 15 is 0 Å². The number of aryl methyl sites for hydroxylation is 1. The quantitative estimate of drug-likeness (QED) is 0.937. The maximum absolute atomic E-state index is 12.4. The summed E-state index contributed by atoms with van der Waals surface area (Å²) < 4.78 is 12.8. The summed E-state index contributed by atoms with van der Waals surface area (Å²) in [7, 11) is 3.53. The standard InChI is InChI=1S/C16H20N2O3/c1-18-13-6-3-7-15(20-2)12(13)9-14(18)16(19)17-10-11-5-4-8-21-11/h3,6-7,9,11H,4-5,8,10H2,1-2H3,(H,17,19). The van der Waals surface area contributed by atoms with Gasteiger partial charge in [0.05, 0.1) is 18.7 Å². The lowest BCUT2D eigenvalue weighted by Crippen LogP contribution is -2.32. The Morgan fingerprint density at radius 2 is 2.38 bits per heavy atom. The van der Waals surface area contributed by atoms with Crippen LogP contribution in [0, 0.1) is 0 Å². The third kappa shape index (κ3) is 2.61. The number of carbonyl (C=O) groups is 1. The van der Waals surface area contributed by atoms with Crippen LogP contribution in [0.25, 0.3) is 10.9 Å². The van der Waals surface area contributed by atoms with Crippen LogP contribution in [0.2, 0.25) is 0 Å². The van der Waals surface area contributed by atoms with Crippen molar-refractivity contribution in [2.24, 2.45) is 7.05 Å². The number of ether oxygens (including phenoxy) is 2. The third-order valence-electron chi connectivity index (χ3n) is 4.01. The van der Waals surface area contributed by atoms with Gasteiger partial charge in [0, 0.05) is 25.6 Å². The van der Waals surface area contributed by atoms with Crippen LogP contribution in [-0.4, -0.2) is 36.8 Å². The molecule has 21 heavy (non-hydrogen) atoms. The van der Waals surface area contributed by atoms with Crippen molar-refractivity contribution in [3.8, 4) is 5.75 Å². The molecular formula is C16H20N2O3. The van der Waals surface area contributed by atoms with E-state index in [-0.39, 0.29) is 12.0 Å². The molecule has 3 rings (SSSR count). The Balaban J connectivity index is 1.82. The van der Waals surface area contributed by atoms with Crippen molar-refractivity contribution in [2.45, 2.75) is 18.9 Å². The Morgan fingerprint density at radius 1 is 1.52 bits per heavy atom. The first-order valence-electron chi connectivity index (χ1n) is 7.23. The number of methoxy groups -OCH3 is 1. The van der Waals surface area contributed by atoms with Gasteiger partial charge >= 0.3 is 0 Å². The van der Waals surface area contributed by atoms with Gasteiger partial charge in [0.2, 0.25) is 0 Å². The molecule has 0 aliphatic carbocycles. The second-order valence-electron chi connectivity index (χ2n) is 5.33. The van der Waals surface area contributed by atoms with Gasteiger partial charge in [-0.05, 0) is 31.0 Å². The molecule has 1 saturated heterocycles. The molecule has 2 aromatic rings. The minimum Gasteiger partial charge on any atom is -0.496 e. The Hall–Kier alpha value is -2.01. The first kappa shape index (κ1) is 13.9. The van der Waals surface area contributed by atoms with Gasteiger partial charge in [-0.25, -0.2) is 0 Å². The van der Waals surface area contributed by atoms with Crippen LogP contribution in [0.1, 0.15) is 23.3 Å². The Bertz CT molecular complexity index is 657. The lowest BCUT2D eigenvalue weighted by Gasteiger charge is -2.11. The largest absolute Gasteiger partial charge is 0.496 e. The normalized spacial score (nSPS) is 18.1. The minimum absolute atomic E-state index is 0.0775. The summed E-state index contributed by atoms with van der Waals surface area (Å²) in [5.74, 6) is 0.701. The summed E-state index contributed by atoms with van der Waals surface area (Å²) in [5, 5.41) is 3.90. The smallest absolute Gasteiger partial charge is 0.268 e. The summed E-state index contributed by atoms with van der Waals surface area (Å²) in [4.78, 5) is 12.4. The highest BCUT2D eigenvalue weighted by Gasteiger charge is 2.19. The number of nitrogens with zero attached hydrogens (tertiary/aromatic N) is 1. The summed E-state index contributed by atoms with van der Waals surface area (Å²) in [6.07, 6.45) is 2.24. The molecule has 112 valence electrons. The van der Waals surface area contributed by atoms with Gasteiger partial charge in [0.15, 0.2) is 0 Å². The summed E-state index contributed by atoms with van der Waals surface area (Å²) in [5.41, 5.74) is 1.61. The number of hydrogen-bond acceptors (Lipinski definition) is 3. The molecule has 5 nitrogen and oxygen atoms in total. The lowest BCUT2D eigenvalue weighted by atomic mass is 10.2. The average molecular weight is 288 g/mol. The molecule has 1 aliphatic heterocycles. The van der Waals surface area contributed by atoms with E-state index in [1.54, 1.807) is 7.11 Å². The zero-order valence-corrected chi connectivity index (χ0v) is 12.4. The van der Waals surface area contributed by atoms with Gasteiger partial charge in [0.1, 0.15) is 11.4 Å². The molecule has 0 radical (unpaired) electrons. The van der Waals surface area contributed by atoms with Crippen molar-refractivity contribution < 1.29 is 14.3 Å². The SMILES string of the molecule is COc1cccc2c1cc(C(=O)NCC1CCCO1)n2C. The van der Waals surface area contributed by atoms with Crippen LogP contribution in [0.3, 0.4) is 0 Å². The Morgan fingerprint density at radius 3 is 3.10 bits per heavy atom. The van der Waals surface area contributed by atoms with Crippen LogP contribution in [0.15, 0.2) is 24.3 Å². The second-order valence-corrected chi connectivity index (χ2v) is 5.33. The average Bonchev–Trinajstić information content (AvgIpc) is 3.13. The van der Waals surface area contributed by atoms with Crippen LogP contribution in [-0.2, 0) is 11.8 Å². The molecule has 2 heterocycles. The molecule has 1 atom stereocenters. The minimum atomic E-state index is -0.0775. The summed E-state index contributed by atoms with van der Waals surface area (Å²) in [6, 6.07) is 7.68. The number of nitrogens with one attached hydrogen (secondary N) is 1. The second kappa shape index (κ2) is 5.77. The monoisotopic (exact) mass is 288 g/mol. The maximum Gasteiger partial charge on any atom is 0.268 e. The zero-order valence-electron chi connectivity index (χ0n) is 12.4. The highest BCUT2D eigenvalue weighted by atomic mass is 16.5. The van der Waals surface area contributed by atoms with Gasteiger partial charge in [-0.2, -0.15) is 0 Å². The van der Waals surface area contributed by atoms with Gasteiger partial charge in [0.25, 0.3) is 5.91 Å². The molecule has 5 heteroatoms. The molecule has 1 unspecified atom stereocenters. The third-order valence-corrected chi connectivity index (χ3v) is 4.01. The summed E-state index contributed by atoms with van der Waals surface area (Å²) in [6.45, 7) is 1.36. The van der Waals surface area contributed by atoms with Crippen molar-refractivity contribution in [2.75, 3.05) is 20.3 Å². The van der Waals surface area contributed by atoms with E-state index in [9.17, 15) is 4.79 Å². The fourth-order valence-electron chi connectivity index (χ4n) is 2.83. The van der Waals surface area contributed by atoms with Crippen LogP contribution in [0.5, 0.6) is 5.75 Å². The van der Waals surface area contributed by atoms with Gasteiger partial charge in [-0.3, -0.25) is 4.79 Å². The van der Waals surface area contributed by atoms with Crippen LogP contribution < -0.4 is 10.1 Å². The number of hydrogen-bond donors (Lipinski definition) is 1. The first-order chi connectivity index (χ1) is 10.2. The predicted molar refractivity (Wildman–Crippen MR) is 80.8 cm³/mol. The van der Waals surface area contributed by atoms with Crippen molar-refractivity contribution in [3.63, 3.8) is 0 Å². The molecule has 1 aliphatic rings. The van der Waals surface area contributed by atoms with Gasteiger partial charge in [-0.1, -0.05) is 6.07 Å². The fourth-order valence-corrected chi connectivity index (χ4v) is 2.83. The molecule has 1 N–H and O–H groups in total. The number of carbonyl (C=O) groups excluding carboxylic acids is 1. The van der Waals surface area contributed by atoms with Crippen LogP contribution in [0.4, 0.5) is 0 Å². The molecular weight excluding hydrogens is 268 g/mol. The van der Waals surface area contributed by atoms with Crippen molar-refractivity contribution in [3.05, 3.63) is 30.0 Å². The molecule has 1 amide bonds. The van der Waals surface area contributed by atoms with E-state index in [2.05, 4.69) is 5.32 Å². The van der Waals surface area contributed by atoms with E-state index in [1.807, 2.05) is 35.9 Å². The van der Waals surface area contributed by atoms with Crippen molar-refractivity contribution >= 4 is 16.8 Å². The van der Waals surface area contributed by atoms with Crippen molar-refractivity contribution in [1.29, 1.82) is 0 Å². The highest BCUT2D eigenvalue weighted by molar-refractivity contribution is 6.00. The van der Waals surface area contributed by atoms with E-state index in [4.69, 9.17) is 9.47 Å². The van der Waals surface area contributed by atoms with E-state index < -0.39 is 0 Å². The van der Waals surface area contributed by atoms with E-state index in [0.717, 1.165) is 36.1 Å².